The maximum atomic E-state index is 12.8. The van der Waals surface area contributed by atoms with Crippen LogP contribution in [-0.2, 0) is 11.3 Å². The molecule has 0 saturated carbocycles. The number of amides is 2. The Kier molecular flexibility index (Phi) is 9.07. The Bertz CT molecular complexity index is 1460. The highest BCUT2D eigenvalue weighted by atomic mass is 79.9. The molecule has 4 rings (SSSR count). The van der Waals surface area contributed by atoms with Gasteiger partial charge in [-0.05, 0) is 73.5 Å². The van der Waals surface area contributed by atoms with Crippen molar-refractivity contribution < 1.29 is 9.59 Å². The number of hydrogen-bond donors (Lipinski definition) is 2. The molecule has 190 valence electrons. The van der Waals surface area contributed by atoms with Crippen molar-refractivity contribution in [3.8, 4) is 5.69 Å². The summed E-state index contributed by atoms with van der Waals surface area (Å²) in [7, 11) is 0. The summed E-state index contributed by atoms with van der Waals surface area (Å²) in [5, 5.41) is 15.3. The van der Waals surface area contributed by atoms with Gasteiger partial charge < -0.3 is 10.6 Å². The van der Waals surface area contributed by atoms with Crippen molar-refractivity contribution in [2.45, 2.75) is 25.5 Å². The molecule has 0 bridgehead atoms. The number of thioether (sulfide) groups is 1. The summed E-state index contributed by atoms with van der Waals surface area (Å²) in [5.74, 6) is 0.170. The van der Waals surface area contributed by atoms with Crippen LogP contribution in [-0.4, -0.2) is 32.3 Å². The topological polar surface area (TPSA) is 88.9 Å². The van der Waals surface area contributed by atoms with Gasteiger partial charge in [0.05, 0.1) is 22.9 Å². The molecule has 4 aromatic rings. The van der Waals surface area contributed by atoms with Crippen LogP contribution in [0.5, 0.6) is 0 Å². The normalized spacial score (nSPS) is 10.8. The number of benzene rings is 3. The fourth-order valence-corrected chi connectivity index (χ4v) is 5.07. The highest BCUT2D eigenvalue weighted by molar-refractivity contribution is 9.10. The Morgan fingerprint density at radius 2 is 1.70 bits per heavy atom. The smallest absolute Gasteiger partial charge is 0.253 e. The second kappa shape index (κ2) is 12.3. The third kappa shape index (κ3) is 7.01. The van der Waals surface area contributed by atoms with Gasteiger partial charge in [0.15, 0.2) is 11.0 Å². The quantitative estimate of drug-likeness (QED) is 0.204. The number of rotatable bonds is 8. The Morgan fingerprint density at radius 1 is 0.973 bits per heavy atom. The number of nitrogens with zero attached hydrogens (tertiary/aromatic N) is 3. The highest BCUT2D eigenvalue weighted by Crippen LogP contribution is 2.25. The first-order chi connectivity index (χ1) is 17.7. The lowest BCUT2D eigenvalue weighted by Crippen LogP contribution is -2.25. The van der Waals surface area contributed by atoms with Gasteiger partial charge >= 0.3 is 0 Å². The third-order valence-electron chi connectivity index (χ3n) is 5.36. The standard InChI is InChI=1S/C26H22Br2ClN5O2S/c1-15-3-4-16(2)22(11-15)31-24(35)14-37-26-33-32-23(34(26)19-8-5-17(27)6-9-19)13-30-25(36)20-12-18(28)7-10-21(20)29/h3-12H,13-14H2,1-2H3,(H,30,36)(H,31,35). The summed E-state index contributed by atoms with van der Waals surface area (Å²) in [6.45, 7) is 4.05. The molecule has 2 amide bonds. The number of hydrogen-bond acceptors (Lipinski definition) is 5. The monoisotopic (exact) mass is 661 g/mol. The van der Waals surface area contributed by atoms with Gasteiger partial charge in [0, 0.05) is 20.3 Å². The number of aromatic nitrogens is 3. The predicted octanol–water partition coefficient (Wildman–Crippen LogP) is 6.72. The van der Waals surface area contributed by atoms with E-state index in [1.807, 2.05) is 60.9 Å². The zero-order valence-electron chi connectivity index (χ0n) is 19.9. The molecule has 2 N–H and O–H groups in total. The lowest BCUT2D eigenvalue weighted by molar-refractivity contribution is -0.113. The molecule has 1 aromatic heterocycles. The van der Waals surface area contributed by atoms with Crippen molar-refractivity contribution in [3.63, 3.8) is 0 Å². The molecule has 0 aliphatic rings. The molecule has 37 heavy (non-hydrogen) atoms. The number of anilines is 1. The van der Waals surface area contributed by atoms with Crippen molar-refractivity contribution in [1.29, 1.82) is 0 Å². The molecule has 0 radical (unpaired) electrons. The SMILES string of the molecule is Cc1ccc(C)c(NC(=O)CSc2nnc(CNC(=O)c3cc(Br)ccc3Cl)n2-c2ccc(Br)cc2)c1. The number of carbonyl (C=O) groups is 2. The van der Waals surface area contributed by atoms with Crippen LogP contribution < -0.4 is 10.6 Å². The first kappa shape index (κ1) is 27.4. The van der Waals surface area contributed by atoms with E-state index in [9.17, 15) is 9.59 Å². The summed E-state index contributed by atoms with van der Waals surface area (Å²) in [6.07, 6.45) is 0. The van der Waals surface area contributed by atoms with Gasteiger partial charge in [0.2, 0.25) is 5.91 Å². The van der Waals surface area contributed by atoms with Crippen LogP contribution in [0.15, 0.2) is 74.8 Å². The number of halogens is 3. The maximum absolute atomic E-state index is 12.8. The Balaban J connectivity index is 1.52. The van der Waals surface area contributed by atoms with Crippen LogP contribution in [0.3, 0.4) is 0 Å². The minimum atomic E-state index is -0.334. The predicted molar refractivity (Wildman–Crippen MR) is 155 cm³/mol. The molecule has 0 aliphatic heterocycles. The Hall–Kier alpha value is -2.66. The summed E-state index contributed by atoms with van der Waals surface area (Å²) < 4.78 is 3.49. The Labute approximate surface area is 240 Å². The number of nitrogens with one attached hydrogen (secondary N) is 2. The first-order valence-electron chi connectivity index (χ1n) is 11.1. The van der Waals surface area contributed by atoms with E-state index in [-0.39, 0.29) is 24.1 Å². The number of carbonyl (C=O) groups excluding carboxylic acids is 2. The fraction of sp³-hybridized carbons (Fsp3) is 0.154. The van der Waals surface area contributed by atoms with E-state index in [0.29, 0.717) is 21.6 Å². The fourth-order valence-electron chi connectivity index (χ4n) is 3.47. The van der Waals surface area contributed by atoms with Crippen molar-refractivity contribution in [2.75, 3.05) is 11.1 Å². The summed E-state index contributed by atoms with van der Waals surface area (Å²) in [6, 6.07) is 18.6. The van der Waals surface area contributed by atoms with Crippen LogP contribution in [0.1, 0.15) is 27.3 Å². The molecule has 11 heteroatoms. The van der Waals surface area contributed by atoms with E-state index in [1.54, 1.807) is 18.2 Å². The van der Waals surface area contributed by atoms with E-state index in [1.165, 1.54) is 11.8 Å². The molecular formula is C26H22Br2ClN5O2S. The van der Waals surface area contributed by atoms with Gasteiger partial charge in [0.25, 0.3) is 5.91 Å². The molecule has 0 fully saturated rings. The lowest BCUT2D eigenvalue weighted by atomic mass is 10.1. The van der Waals surface area contributed by atoms with Gasteiger partial charge in [-0.25, -0.2) is 0 Å². The zero-order valence-corrected chi connectivity index (χ0v) is 24.6. The van der Waals surface area contributed by atoms with E-state index < -0.39 is 0 Å². The molecule has 0 spiro atoms. The molecule has 0 unspecified atom stereocenters. The first-order valence-corrected chi connectivity index (χ1v) is 14.1. The van der Waals surface area contributed by atoms with Gasteiger partial charge in [-0.15, -0.1) is 10.2 Å². The molecule has 7 nitrogen and oxygen atoms in total. The second-order valence-corrected chi connectivity index (χ2v) is 11.4. The van der Waals surface area contributed by atoms with Crippen LogP contribution >= 0.6 is 55.2 Å². The van der Waals surface area contributed by atoms with Crippen LogP contribution in [0.4, 0.5) is 5.69 Å². The van der Waals surface area contributed by atoms with Crippen LogP contribution in [0.2, 0.25) is 5.02 Å². The Morgan fingerprint density at radius 3 is 2.46 bits per heavy atom. The molecule has 1 heterocycles. The van der Waals surface area contributed by atoms with Crippen molar-refractivity contribution in [3.05, 3.63) is 97.1 Å². The van der Waals surface area contributed by atoms with Gasteiger partial charge in [0.1, 0.15) is 0 Å². The molecule has 0 aliphatic carbocycles. The van der Waals surface area contributed by atoms with Crippen LogP contribution in [0, 0.1) is 13.8 Å². The minimum absolute atomic E-state index is 0.111. The maximum Gasteiger partial charge on any atom is 0.253 e. The van der Waals surface area contributed by atoms with E-state index >= 15 is 0 Å². The molecule has 0 saturated heterocycles. The van der Waals surface area contributed by atoms with Gasteiger partial charge in [-0.2, -0.15) is 0 Å². The minimum Gasteiger partial charge on any atom is -0.345 e. The summed E-state index contributed by atoms with van der Waals surface area (Å²) in [5.41, 5.74) is 4.00. The van der Waals surface area contributed by atoms with Crippen molar-refractivity contribution >= 4 is 72.7 Å². The van der Waals surface area contributed by atoms with Gasteiger partial charge in [-0.3, -0.25) is 14.2 Å². The zero-order chi connectivity index (χ0) is 26.5. The van der Waals surface area contributed by atoms with Gasteiger partial charge in [-0.1, -0.05) is 67.4 Å². The summed E-state index contributed by atoms with van der Waals surface area (Å²) in [4.78, 5) is 25.5. The largest absolute Gasteiger partial charge is 0.345 e. The molecular weight excluding hydrogens is 642 g/mol. The summed E-state index contributed by atoms with van der Waals surface area (Å²) >= 11 is 14.3. The third-order valence-corrected chi connectivity index (χ3v) is 7.65. The average Bonchev–Trinajstić information content (AvgIpc) is 3.28. The van der Waals surface area contributed by atoms with E-state index in [0.717, 1.165) is 31.4 Å². The van der Waals surface area contributed by atoms with Crippen molar-refractivity contribution in [1.82, 2.24) is 20.1 Å². The molecule has 3 aromatic carbocycles. The number of aryl methyl sites for hydroxylation is 2. The van der Waals surface area contributed by atoms with Crippen molar-refractivity contribution in [2.24, 2.45) is 0 Å². The van der Waals surface area contributed by atoms with E-state index in [4.69, 9.17) is 11.6 Å². The van der Waals surface area contributed by atoms with E-state index in [2.05, 4.69) is 52.7 Å². The highest BCUT2D eigenvalue weighted by Gasteiger charge is 2.18. The second-order valence-electron chi connectivity index (χ2n) is 8.17. The lowest BCUT2D eigenvalue weighted by Gasteiger charge is -2.12. The average molecular weight is 664 g/mol. The van der Waals surface area contributed by atoms with Crippen LogP contribution in [0.25, 0.3) is 5.69 Å². The molecule has 0 atom stereocenters.